The van der Waals surface area contributed by atoms with Gasteiger partial charge in [0.25, 0.3) is 0 Å². The molecule has 22 heavy (non-hydrogen) atoms. The summed E-state index contributed by atoms with van der Waals surface area (Å²) in [6.45, 7) is 4.98. The molecule has 0 aliphatic carbocycles. The Morgan fingerprint density at radius 2 is 1.82 bits per heavy atom. The van der Waals surface area contributed by atoms with Crippen LogP contribution in [-0.4, -0.2) is 60.6 Å². The van der Waals surface area contributed by atoms with Crippen molar-refractivity contribution in [2.75, 3.05) is 26.1 Å². The van der Waals surface area contributed by atoms with Crippen LogP contribution in [0.4, 0.5) is 17.7 Å². The number of hydrogen-bond acceptors (Lipinski definition) is 3. The molecule has 0 aromatic rings. The molecule has 1 aliphatic rings. The zero-order valence-electron chi connectivity index (χ0n) is 14.4. The Balaban J connectivity index is 0.00000441. The van der Waals surface area contributed by atoms with Gasteiger partial charge in [-0.15, -0.1) is 0 Å². The van der Waals surface area contributed by atoms with Crippen molar-refractivity contribution in [1.29, 1.82) is 0 Å². The Morgan fingerprint density at radius 3 is 2.23 bits per heavy atom. The normalized spacial score (nSPS) is 20.8. The van der Waals surface area contributed by atoms with Crippen molar-refractivity contribution in [2.24, 2.45) is 5.92 Å². The number of carbonyl (C=O) groups excluding carboxylic acids is 1. The molecule has 4 nitrogen and oxygen atoms in total. The smallest absolute Gasteiger partial charge is 0.448 e. The van der Waals surface area contributed by atoms with Crippen LogP contribution in [0.25, 0.3) is 0 Å². The molecule has 1 aliphatic heterocycles. The van der Waals surface area contributed by atoms with Crippen LogP contribution in [0.1, 0.15) is 34.6 Å². The molecule has 9 heteroatoms. The zero-order valence-corrected chi connectivity index (χ0v) is 17.5. The minimum absolute atomic E-state index is 0. The third kappa shape index (κ3) is 8.01. The van der Waals surface area contributed by atoms with Gasteiger partial charge >= 0.3 is 64.5 Å². The number of rotatable bonds is 3. The number of amides is 1. The molecule has 1 saturated heterocycles. The molecule has 0 aromatic carbocycles. The van der Waals surface area contributed by atoms with Crippen molar-refractivity contribution >= 4 is 13.1 Å². The van der Waals surface area contributed by atoms with Crippen molar-refractivity contribution < 1.29 is 73.9 Å². The third-order valence-electron chi connectivity index (χ3n) is 3.40. The fourth-order valence-corrected chi connectivity index (χ4v) is 2.46. The molecule has 1 atom stereocenters. The van der Waals surface area contributed by atoms with E-state index < -0.39 is 25.1 Å². The summed E-state index contributed by atoms with van der Waals surface area (Å²) < 4.78 is 43.3. The van der Waals surface area contributed by atoms with Gasteiger partial charge in [0.2, 0.25) is 0 Å². The van der Waals surface area contributed by atoms with Gasteiger partial charge in [-0.1, -0.05) is 13.8 Å². The summed E-state index contributed by atoms with van der Waals surface area (Å²) in [5.41, 5.74) is -0.601. The van der Waals surface area contributed by atoms with Gasteiger partial charge in [-0.3, -0.25) is 0 Å². The first-order chi connectivity index (χ1) is 9.39. The van der Waals surface area contributed by atoms with Gasteiger partial charge in [0.15, 0.2) is 0 Å². The van der Waals surface area contributed by atoms with E-state index in [0.717, 1.165) is 0 Å². The summed E-state index contributed by atoms with van der Waals surface area (Å²) in [6, 6.07) is -0.297. The predicted octanol–water partition coefficient (Wildman–Crippen LogP) is -0.0457. The maximum Gasteiger partial charge on any atom is 1.00 e. The third-order valence-corrected chi connectivity index (χ3v) is 3.40. The van der Waals surface area contributed by atoms with E-state index in [1.165, 1.54) is 9.80 Å². The topological polar surface area (TPSA) is 32.8 Å². The first kappa shape index (κ1) is 22.7. The molecule has 0 unspecified atom stereocenters. The van der Waals surface area contributed by atoms with Crippen LogP contribution in [0.2, 0.25) is 0 Å². The van der Waals surface area contributed by atoms with E-state index in [-0.39, 0.29) is 83.0 Å². The van der Waals surface area contributed by atoms with Crippen LogP contribution in [0, 0.1) is 5.92 Å². The maximum atomic E-state index is 12.7. The summed E-state index contributed by atoms with van der Waals surface area (Å²) in [7, 11) is 0. The van der Waals surface area contributed by atoms with E-state index >= 15 is 0 Å². The van der Waals surface area contributed by atoms with E-state index in [0.29, 0.717) is 0 Å². The van der Waals surface area contributed by atoms with Gasteiger partial charge in [0.05, 0.1) is 0 Å². The Kier molecular flexibility index (Phi) is 9.00. The van der Waals surface area contributed by atoms with Crippen LogP contribution in [0.3, 0.4) is 0 Å². The van der Waals surface area contributed by atoms with E-state index in [1.54, 1.807) is 20.8 Å². The summed E-state index contributed by atoms with van der Waals surface area (Å²) in [5, 5.41) is 0. The van der Waals surface area contributed by atoms with Crippen LogP contribution in [0.15, 0.2) is 0 Å². The average Bonchev–Trinajstić information content (AvgIpc) is 2.24. The molecule has 0 aromatic heterocycles. The van der Waals surface area contributed by atoms with Gasteiger partial charge in [-0.05, 0) is 33.1 Å². The molecule has 0 saturated carbocycles. The minimum Gasteiger partial charge on any atom is -0.448 e. The predicted molar refractivity (Wildman–Crippen MR) is 77.1 cm³/mol. The molecular formula is C13H25BF3KN2O2. The standard InChI is InChI=1S/C13H25BF3N2O2.K/c1-10(2)11-8-18(12(20)21-13(3,4)5)6-7-19(11)9-14(15,16)17;/h10-11H,6-9H2,1-5H3;/q-1;+1/t11-;/m0./s1. The quantitative estimate of drug-likeness (QED) is 0.671. The molecule has 0 N–H and O–H groups in total. The number of halogens is 3. The van der Waals surface area contributed by atoms with Gasteiger partial charge < -0.3 is 27.5 Å². The van der Waals surface area contributed by atoms with Crippen LogP contribution < -0.4 is 51.4 Å². The van der Waals surface area contributed by atoms with Crippen molar-refractivity contribution in [2.45, 2.75) is 46.3 Å². The first-order valence-corrected chi connectivity index (χ1v) is 7.32. The Hall–Kier alpha value is 0.721. The van der Waals surface area contributed by atoms with Crippen molar-refractivity contribution in [3.8, 4) is 0 Å². The first-order valence-electron chi connectivity index (χ1n) is 7.32. The number of hydrogen-bond donors (Lipinski definition) is 0. The molecule has 0 bridgehead atoms. The molecule has 0 spiro atoms. The Labute approximate surface area is 173 Å². The maximum absolute atomic E-state index is 12.7. The monoisotopic (exact) mass is 348 g/mol. The van der Waals surface area contributed by atoms with Gasteiger partial charge in [0.1, 0.15) is 5.60 Å². The molecule has 1 heterocycles. The minimum atomic E-state index is -4.85. The molecule has 1 fully saturated rings. The summed E-state index contributed by atoms with van der Waals surface area (Å²) in [6.07, 6.45) is -1.32. The second-order valence-electron chi connectivity index (χ2n) is 6.94. The van der Waals surface area contributed by atoms with E-state index in [1.807, 2.05) is 13.8 Å². The number of piperazine rings is 1. The fraction of sp³-hybridized carbons (Fsp3) is 0.923. The molecule has 124 valence electrons. The second-order valence-corrected chi connectivity index (χ2v) is 6.94. The number of nitrogens with zero attached hydrogens (tertiary/aromatic N) is 2. The largest absolute Gasteiger partial charge is 1.00 e. The van der Waals surface area contributed by atoms with Crippen LogP contribution in [0.5, 0.6) is 0 Å². The van der Waals surface area contributed by atoms with Gasteiger partial charge in [0, 0.05) is 25.7 Å². The fourth-order valence-electron chi connectivity index (χ4n) is 2.46. The molecule has 0 radical (unpaired) electrons. The van der Waals surface area contributed by atoms with Gasteiger partial charge in [-0.25, -0.2) is 4.79 Å². The second kappa shape index (κ2) is 8.71. The van der Waals surface area contributed by atoms with Crippen molar-refractivity contribution in [1.82, 2.24) is 9.80 Å². The van der Waals surface area contributed by atoms with E-state index in [2.05, 4.69) is 0 Å². The van der Waals surface area contributed by atoms with Crippen LogP contribution in [-0.2, 0) is 4.74 Å². The zero-order chi connectivity index (χ0) is 16.4. The van der Waals surface area contributed by atoms with Crippen LogP contribution >= 0.6 is 0 Å². The summed E-state index contributed by atoms with van der Waals surface area (Å²) >= 11 is 0. The summed E-state index contributed by atoms with van der Waals surface area (Å²) in [4.78, 5) is 15.0. The Bertz CT molecular complexity index is 375. The number of ether oxygens (including phenoxy) is 1. The Morgan fingerprint density at radius 1 is 1.27 bits per heavy atom. The summed E-state index contributed by atoms with van der Waals surface area (Å²) in [5.74, 6) is 0.0355. The van der Waals surface area contributed by atoms with E-state index in [9.17, 15) is 17.7 Å². The van der Waals surface area contributed by atoms with Crippen molar-refractivity contribution in [3.63, 3.8) is 0 Å². The van der Waals surface area contributed by atoms with E-state index in [4.69, 9.17) is 4.74 Å². The SMILES string of the molecule is CC(C)[C@@H]1CN(C(=O)OC(C)(C)C)CCN1C[B-](F)(F)F.[K+]. The van der Waals surface area contributed by atoms with Gasteiger partial charge in [-0.2, -0.15) is 0 Å². The molecule has 1 amide bonds. The van der Waals surface area contributed by atoms with Crippen molar-refractivity contribution in [3.05, 3.63) is 0 Å². The average molecular weight is 348 g/mol. The number of carbonyl (C=O) groups is 1. The molecular weight excluding hydrogens is 323 g/mol. The molecule has 1 rings (SSSR count).